The third kappa shape index (κ3) is 6.35. The maximum Gasteiger partial charge on any atom is 0.224 e. The molecule has 6 aromatic rings. The molecule has 44 heavy (non-hydrogen) atoms. The van der Waals surface area contributed by atoms with E-state index in [4.69, 9.17) is 0 Å². The van der Waals surface area contributed by atoms with Crippen LogP contribution in [0.25, 0.3) is 55.7 Å². The van der Waals surface area contributed by atoms with Crippen molar-refractivity contribution < 1.29 is 17.6 Å². The second-order valence-electron chi connectivity index (χ2n) is 11.3. The Hall–Kier alpha value is -4.97. The predicted molar refractivity (Wildman–Crippen MR) is 169 cm³/mol. The molecule has 0 unspecified atom stereocenters. The Morgan fingerprint density at radius 2 is 1.77 bits per heavy atom. The van der Waals surface area contributed by atoms with Gasteiger partial charge >= 0.3 is 0 Å². The van der Waals surface area contributed by atoms with Crippen molar-refractivity contribution in [1.82, 2.24) is 30.1 Å². The van der Waals surface area contributed by atoms with E-state index in [1.54, 1.807) is 30.9 Å². The average molecular weight is 612 g/mol. The van der Waals surface area contributed by atoms with Gasteiger partial charge in [0.15, 0.2) is 0 Å². The van der Waals surface area contributed by atoms with E-state index in [9.17, 15) is 17.6 Å². The van der Waals surface area contributed by atoms with Gasteiger partial charge in [-0.05, 0) is 60.4 Å². The lowest BCUT2D eigenvalue weighted by atomic mass is 10.0. The van der Waals surface area contributed by atoms with Crippen molar-refractivity contribution in [3.8, 4) is 33.9 Å². The lowest BCUT2D eigenvalue weighted by Gasteiger charge is -2.08. The number of pyridine rings is 3. The van der Waals surface area contributed by atoms with E-state index in [1.807, 2.05) is 38.1 Å². The Morgan fingerprint density at radius 1 is 0.955 bits per heavy atom. The van der Waals surface area contributed by atoms with E-state index in [2.05, 4.69) is 35.5 Å². The highest BCUT2D eigenvalue weighted by molar-refractivity contribution is 7.90. The number of rotatable bonds is 9. The number of H-pyrrole nitrogens is 2. The van der Waals surface area contributed by atoms with Gasteiger partial charge in [0.25, 0.3) is 0 Å². The molecular weight excluding hydrogens is 581 g/mol. The van der Waals surface area contributed by atoms with Crippen molar-refractivity contribution in [2.45, 2.75) is 26.7 Å². The number of anilines is 1. The first-order chi connectivity index (χ1) is 21.0. The second kappa shape index (κ2) is 11.6. The van der Waals surface area contributed by atoms with E-state index >= 15 is 0 Å². The second-order valence-corrected chi connectivity index (χ2v) is 13.6. The number of halogens is 1. The molecule has 0 radical (unpaired) electrons. The lowest BCUT2D eigenvalue weighted by Crippen LogP contribution is -2.13. The molecule has 0 atom stereocenters. The number of amides is 1. The summed E-state index contributed by atoms with van der Waals surface area (Å²) < 4.78 is 38.0. The van der Waals surface area contributed by atoms with Gasteiger partial charge in [0.2, 0.25) is 5.91 Å². The summed E-state index contributed by atoms with van der Waals surface area (Å²) in [5, 5.41) is 12.1. The fourth-order valence-corrected chi connectivity index (χ4v) is 5.76. The number of fused-ring (bicyclic) bond motifs is 2. The third-order valence-corrected chi connectivity index (χ3v) is 8.10. The summed E-state index contributed by atoms with van der Waals surface area (Å²) in [6, 6.07) is 12.0. The number of aryl methyl sites for hydroxylation is 1. The van der Waals surface area contributed by atoms with Crippen molar-refractivity contribution in [1.29, 1.82) is 0 Å². The summed E-state index contributed by atoms with van der Waals surface area (Å²) in [6.07, 6.45) is 8.42. The zero-order valence-electron chi connectivity index (χ0n) is 24.3. The summed E-state index contributed by atoms with van der Waals surface area (Å²) in [4.78, 5) is 29.1. The molecule has 0 saturated carbocycles. The molecule has 0 bridgehead atoms. The maximum absolute atomic E-state index is 14.6. The number of nitrogens with one attached hydrogen (secondary N) is 3. The molecule has 0 saturated heterocycles. The van der Waals surface area contributed by atoms with Crippen LogP contribution < -0.4 is 5.32 Å². The molecule has 224 valence electrons. The molecule has 3 N–H and O–H groups in total. The fourth-order valence-electron chi connectivity index (χ4n) is 5.16. The van der Waals surface area contributed by atoms with Gasteiger partial charge in [-0.25, -0.2) is 12.8 Å². The third-order valence-electron chi connectivity index (χ3n) is 7.15. The van der Waals surface area contributed by atoms with Crippen LogP contribution in [-0.4, -0.2) is 56.5 Å². The minimum Gasteiger partial charge on any atom is -0.353 e. The number of hydrogen-bond acceptors (Lipinski definition) is 7. The normalized spacial score (nSPS) is 11.9. The number of aromatic amines is 2. The monoisotopic (exact) mass is 611 g/mol. The predicted octanol–water partition coefficient (Wildman–Crippen LogP) is 5.94. The van der Waals surface area contributed by atoms with Crippen molar-refractivity contribution in [3.63, 3.8) is 0 Å². The summed E-state index contributed by atoms with van der Waals surface area (Å²) in [6.45, 7) is 3.98. The molecule has 1 aromatic carbocycles. The van der Waals surface area contributed by atoms with E-state index in [1.165, 1.54) is 12.1 Å². The summed E-state index contributed by atoms with van der Waals surface area (Å²) >= 11 is 0. The number of aromatic nitrogens is 6. The van der Waals surface area contributed by atoms with Gasteiger partial charge < -0.3 is 10.3 Å². The molecule has 0 spiro atoms. The Bertz CT molecular complexity index is 2140. The molecule has 0 aliphatic rings. The van der Waals surface area contributed by atoms with Crippen LogP contribution >= 0.6 is 0 Å². The molecule has 6 rings (SSSR count). The Labute approximate surface area is 253 Å². The quantitative estimate of drug-likeness (QED) is 0.183. The highest BCUT2D eigenvalue weighted by Gasteiger charge is 2.17. The molecule has 0 fully saturated rings. The first-order valence-corrected chi connectivity index (χ1v) is 16.1. The first-order valence-electron chi connectivity index (χ1n) is 14.1. The molecule has 10 nitrogen and oxygen atoms in total. The molecule has 5 heterocycles. The minimum atomic E-state index is -3.20. The van der Waals surface area contributed by atoms with E-state index in [0.29, 0.717) is 40.3 Å². The van der Waals surface area contributed by atoms with Crippen molar-refractivity contribution in [2.75, 3.05) is 17.3 Å². The molecule has 12 heteroatoms. The lowest BCUT2D eigenvalue weighted by molar-refractivity contribution is -0.116. The minimum absolute atomic E-state index is 0.0714. The van der Waals surface area contributed by atoms with Gasteiger partial charge in [0.05, 0.1) is 46.4 Å². The van der Waals surface area contributed by atoms with Crippen LogP contribution in [0, 0.1) is 11.7 Å². The summed E-state index contributed by atoms with van der Waals surface area (Å²) in [5.41, 5.74) is 6.58. The SMILES string of the molecule is CC(C)CC(=O)Nc1cncc(-c2cc3c(-c4cc5c(-c6cc(F)cc(CCS(C)(=O)=O)c6)nccc5[nH]4)n[nH]c3cn2)c1. The summed E-state index contributed by atoms with van der Waals surface area (Å²) in [5.74, 6) is -0.366. The number of nitrogens with zero attached hydrogens (tertiary/aromatic N) is 4. The van der Waals surface area contributed by atoms with Crippen molar-refractivity contribution in [2.24, 2.45) is 5.92 Å². The Kier molecular flexibility index (Phi) is 7.68. The number of carbonyl (C=O) groups excluding carboxylic acids is 1. The van der Waals surface area contributed by atoms with Gasteiger partial charge in [0.1, 0.15) is 21.3 Å². The Balaban J connectivity index is 1.36. The van der Waals surface area contributed by atoms with E-state index in [0.717, 1.165) is 39.3 Å². The van der Waals surface area contributed by atoms with Crippen molar-refractivity contribution in [3.05, 3.63) is 78.6 Å². The molecule has 5 aromatic heterocycles. The van der Waals surface area contributed by atoms with Gasteiger partial charge in [0, 0.05) is 52.5 Å². The van der Waals surface area contributed by atoms with Crippen LogP contribution in [0.15, 0.2) is 67.3 Å². The van der Waals surface area contributed by atoms with Gasteiger partial charge in [-0.3, -0.25) is 24.8 Å². The van der Waals surface area contributed by atoms with Gasteiger partial charge in [-0.15, -0.1) is 0 Å². The first kappa shape index (κ1) is 29.1. The summed E-state index contributed by atoms with van der Waals surface area (Å²) in [7, 11) is -3.20. The van der Waals surface area contributed by atoms with Gasteiger partial charge in [-0.1, -0.05) is 13.8 Å². The zero-order valence-corrected chi connectivity index (χ0v) is 25.2. The van der Waals surface area contributed by atoms with Crippen LogP contribution in [0.4, 0.5) is 10.1 Å². The number of hydrogen-bond donors (Lipinski definition) is 3. The Morgan fingerprint density at radius 3 is 2.57 bits per heavy atom. The topological polar surface area (TPSA) is 146 Å². The van der Waals surface area contributed by atoms with Crippen LogP contribution in [0.2, 0.25) is 0 Å². The number of sulfone groups is 1. The number of carbonyl (C=O) groups is 1. The highest BCUT2D eigenvalue weighted by Crippen LogP contribution is 2.34. The maximum atomic E-state index is 14.6. The van der Waals surface area contributed by atoms with Crippen LogP contribution in [0.1, 0.15) is 25.8 Å². The van der Waals surface area contributed by atoms with Gasteiger partial charge in [-0.2, -0.15) is 5.10 Å². The van der Waals surface area contributed by atoms with Crippen LogP contribution in [-0.2, 0) is 21.1 Å². The van der Waals surface area contributed by atoms with E-state index < -0.39 is 15.7 Å². The largest absolute Gasteiger partial charge is 0.353 e. The smallest absolute Gasteiger partial charge is 0.224 e. The van der Waals surface area contributed by atoms with Crippen LogP contribution in [0.5, 0.6) is 0 Å². The van der Waals surface area contributed by atoms with Crippen LogP contribution in [0.3, 0.4) is 0 Å². The highest BCUT2D eigenvalue weighted by atomic mass is 32.2. The average Bonchev–Trinajstić information content (AvgIpc) is 3.59. The van der Waals surface area contributed by atoms with Crippen molar-refractivity contribution >= 4 is 43.2 Å². The zero-order chi connectivity index (χ0) is 31.0. The molecule has 1 amide bonds. The van der Waals surface area contributed by atoms with E-state index in [-0.39, 0.29) is 24.0 Å². The number of benzene rings is 1. The molecule has 0 aliphatic heterocycles. The standard InChI is InChI=1S/C32H30FN7O3S/c1-18(2)8-30(41)37-23-12-21(15-34-16-23)27-13-25-29(17-36-27)39-40-32(25)28-14-24-26(38-28)4-6-35-31(24)20-9-19(10-22(33)11-20)5-7-44(3,42)43/h4,6,9-18,38H,5,7-8H2,1-3H3,(H,37,41)(H,39,40). The molecular formula is C32H30FN7O3S. The molecule has 0 aliphatic carbocycles. The fraction of sp³-hybridized carbons (Fsp3) is 0.219.